The summed E-state index contributed by atoms with van der Waals surface area (Å²) in [5.41, 5.74) is 2.71. The number of para-hydroxylation sites is 1. The van der Waals surface area contributed by atoms with E-state index in [1.165, 1.54) is 0 Å². The van der Waals surface area contributed by atoms with Crippen molar-refractivity contribution in [2.24, 2.45) is 0 Å². The van der Waals surface area contributed by atoms with E-state index in [4.69, 9.17) is 0 Å². The van der Waals surface area contributed by atoms with Crippen molar-refractivity contribution in [1.82, 2.24) is 5.32 Å². The molecule has 0 fully saturated rings. The maximum atomic E-state index is 11.6. The standard InChI is InChI=1S/C10H9N3O/c14-10-7-2-1-3-8-9(7)13(6-12-8)5-4-11-10/h1-5,12H,6H2,(H,11,14). The van der Waals surface area contributed by atoms with Gasteiger partial charge in [0.15, 0.2) is 0 Å². The fraction of sp³-hybridized carbons (Fsp3) is 0.100. The van der Waals surface area contributed by atoms with E-state index in [0.717, 1.165) is 23.6 Å². The Morgan fingerprint density at radius 2 is 2.29 bits per heavy atom. The van der Waals surface area contributed by atoms with Gasteiger partial charge in [0, 0.05) is 12.4 Å². The van der Waals surface area contributed by atoms with E-state index in [1.807, 2.05) is 29.3 Å². The second kappa shape index (κ2) is 2.51. The van der Waals surface area contributed by atoms with E-state index in [2.05, 4.69) is 10.6 Å². The number of carbonyl (C=O) groups excluding carboxylic acids is 1. The number of nitrogens with zero attached hydrogens (tertiary/aromatic N) is 1. The molecule has 0 radical (unpaired) electrons. The quantitative estimate of drug-likeness (QED) is 0.639. The molecule has 0 spiro atoms. The molecule has 0 aromatic heterocycles. The molecule has 1 aromatic carbocycles. The van der Waals surface area contributed by atoms with Crippen LogP contribution in [0.25, 0.3) is 0 Å². The third kappa shape index (κ3) is 0.849. The summed E-state index contributed by atoms with van der Waals surface area (Å²) in [7, 11) is 0. The topological polar surface area (TPSA) is 44.4 Å². The largest absolute Gasteiger partial charge is 0.366 e. The molecule has 0 saturated heterocycles. The van der Waals surface area contributed by atoms with E-state index in [1.54, 1.807) is 6.20 Å². The van der Waals surface area contributed by atoms with Crippen LogP contribution in [0.4, 0.5) is 11.4 Å². The van der Waals surface area contributed by atoms with Gasteiger partial charge in [-0.3, -0.25) is 4.79 Å². The molecule has 0 atom stereocenters. The van der Waals surface area contributed by atoms with Crippen molar-refractivity contribution < 1.29 is 4.79 Å². The Balaban J connectivity index is 2.28. The van der Waals surface area contributed by atoms with Crippen LogP contribution >= 0.6 is 0 Å². The van der Waals surface area contributed by atoms with Gasteiger partial charge in [0.25, 0.3) is 5.91 Å². The Labute approximate surface area is 81.2 Å². The van der Waals surface area contributed by atoms with Gasteiger partial charge in [0.1, 0.15) is 0 Å². The fourth-order valence-corrected chi connectivity index (χ4v) is 1.84. The number of carbonyl (C=O) groups is 1. The lowest BCUT2D eigenvalue weighted by atomic mass is 10.1. The molecule has 4 heteroatoms. The average Bonchev–Trinajstić information content (AvgIpc) is 2.53. The average molecular weight is 187 g/mol. The first-order chi connectivity index (χ1) is 6.86. The third-order valence-corrected chi connectivity index (χ3v) is 2.48. The number of amides is 1. The van der Waals surface area contributed by atoms with Crippen molar-refractivity contribution in [3.8, 4) is 0 Å². The third-order valence-electron chi connectivity index (χ3n) is 2.48. The zero-order valence-electron chi connectivity index (χ0n) is 7.45. The van der Waals surface area contributed by atoms with Gasteiger partial charge < -0.3 is 15.5 Å². The molecule has 0 saturated carbocycles. The van der Waals surface area contributed by atoms with Crippen LogP contribution in [0, 0.1) is 0 Å². The van der Waals surface area contributed by atoms with Crippen molar-refractivity contribution in [3.05, 3.63) is 36.2 Å². The Bertz CT molecular complexity index is 439. The Kier molecular flexibility index (Phi) is 1.33. The summed E-state index contributed by atoms with van der Waals surface area (Å²) in [6.07, 6.45) is 3.53. The number of anilines is 2. The lowest BCUT2D eigenvalue weighted by Crippen LogP contribution is -2.16. The predicted octanol–water partition coefficient (Wildman–Crippen LogP) is 1.09. The van der Waals surface area contributed by atoms with Gasteiger partial charge in [-0.25, -0.2) is 0 Å². The predicted molar refractivity (Wildman–Crippen MR) is 54.0 cm³/mol. The zero-order chi connectivity index (χ0) is 9.54. The number of nitrogens with one attached hydrogen (secondary N) is 2. The Hall–Kier alpha value is -1.97. The minimum atomic E-state index is -0.0516. The van der Waals surface area contributed by atoms with Crippen molar-refractivity contribution in [2.75, 3.05) is 16.9 Å². The van der Waals surface area contributed by atoms with Crippen LogP contribution in [0.3, 0.4) is 0 Å². The van der Waals surface area contributed by atoms with E-state index in [0.29, 0.717) is 0 Å². The van der Waals surface area contributed by atoms with Crippen LogP contribution in [0.2, 0.25) is 0 Å². The Morgan fingerprint density at radius 3 is 3.21 bits per heavy atom. The van der Waals surface area contributed by atoms with Crippen LogP contribution < -0.4 is 15.5 Å². The van der Waals surface area contributed by atoms with Crippen LogP contribution in [-0.4, -0.2) is 12.6 Å². The summed E-state index contributed by atoms with van der Waals surface area (Å²) in [6.45, 7) is 0.720. The van der Waals surface area contributed by atoms with Gasteiger partial charge in [-0.05, 0) is 12.1 Å². The maximum Gasteiger partial charge on any atom is 0.257 e. The molecule has 2 N–H and O–H groups in total. The van der Waals surface area contributed by atoms with E-state index in [-0.39, 0.29) is 5.91 Å². The van der Waals surface area contributed by atoms with Gasteiger partial charge in [-0.1, -0.05) is 6.07 Å². The number of rotatable bonds is 0. The molecule has 2 heterocycles. The summed E-state index contributed by atoms with van der Waals surface area (Å²) in [4.78, 5) is 13.6. The normalized spacial score (nSPS) is 17.1. The van der Waals surface area contributed by atoms with Crippen LogP contribution in [0.5, 0.6) is 0 Å². The monoisotopic (exact) mass is 187 g/mol. The van der Waals surface area contributed by atoms with Crippen LogP contribution in [0.15, 0.2) is 30.6 Å². The molecule has 0 bridgehead atoms. The summed E-state index contributed by atoms with van der Waals surface area (Å²) in [5.74, 6) is -0.0516. The van der Waals surface area contributed by atoms with E-state index < -0.39 is 0 Å². The van der Waals surface area contributed by atoms with Crippen LogP contribution in [0.1, 0.15) is 10.4 Å². The number of hydrogen-bond acceptors (Lipinski definition) is 3. The first-order valence-corrected chi connectivity index (χ1v) is 4.47. The van der Waals surface area contributed by atoms with Gasteiger partial charge in [-0.2, -0.15) is 0 Å². The summed E-state index contributed by atoms with van der Waals surface area (Å²) in [5, 5.41) is 5.93. The van der Waals surface area contributed by atoms with E-state index >= 15 is 0 Å². The molecular formula is C10H9N3O. The molecule has 4 nitrogen and oxygen atoms in total. The maximum absolute atomic E-state index is 11.6. The van der Waals surface area contributed by atoms with E-state index in [9.17, 15) is 4.79 Å². The molecule has 0 aliphatic carbocycles. The molecular weight excluding hydrogens is 178 g/mol. The fourth-order valence-electron chi connectivity index (χ4n) is 1.84. The molecule has 14 heavy (non-hydrogen) atoms. The molecule has 0 unspecified atom stereocenters. The first kappa shape index (κ1) is 7.44. The lowest BCUT2D eigenvalue weighted by Gasteiger charge is -2.11. The molecule has 3 rings (SSSR count). The molecule has 1 amide bonds. The highest BCUT2D eigenvalue weighted by atomic mass is 16.1. The van der Waals surface area contributed by atoms with Crippen LogP contribution in [-0.2, 0) is 0 Å². The van der Waals surface area contributed by atoms with Gasteiger partial charge in [-0.15, -0.1) is 0 Å². The zero-order valence-corrected chi connectivity index (χ0v) is 7.45. The number of hydrogen-bond donors (Lipinski definition) is 2. The van der Waals surface area contributed by atoms with Crippen molar-refractivity contribution in [3.63, 3.8) is 0 Å². The minimum absolute atomic E-state index is 0.0516. The highest BCUT2D eigenvalue weighted by molar-refractivity contribution is 6.05. The second-order valence-electron chi connectivity index (χ2n) is 3.30. The molecule has 70 valence electrons. The van der Waals surface area contributed by atoms with Crippen molar-refractivity contribution in [1.29, 1.82) is 0 Å². The molecule has 1 aromatic rings. The summed E-state index contributed by atoms with van der Waals surface area (Å²) < 4.78 is 0. The lowest BCUT2D eigenvalue weighted by molar-refractivity contribution is 0.0971. The highest BCUT2D eigenvalue weighted by Gasteiger charge is 2.24. The number of benzene rings is 1. The summed E-state index contributed by atoms with van der Waals surface area (Å²) in [6, 6.07) is 5.70. The van der Waals surface area contributed by atoms with Gasteiger partial charge >= 0.3 is 0 Å². The second-order valence-corrected chi connectivity index (χ2v) is 3.30. The molecule has 2 aliphatic heterocycles. The van der Waals surface area contributed by atoms with Gasteiger partial charge in [0.05, 0.1) is 23.6 Å². The smallest absolute Gasteiger partial charge is 0.257 e. The minimum Gasteiger partial charge on any atom is -0.366 e. The highest BCUT2D eigenvalue weighted by Crippen LogP contribution is 2.35. The first-order valence-electron chi connectivity index (χ1n) is 4.47. The molecule has 2 aliphatic rings. The van der Waals surface area contributed by atoms with Gasteiger partial charge in [0.2, 0.25) is 0 Å². The van der Waals surface area contributed by atoms with Crippen molar-refractivity contribution in [2.45, 2.75) is 0 Å². The Morgan fingerprint density at radius 1 is 1.36 bits per heavy atom. The van der Waals surface area contributed by atoms with Crippen molar-refractivity contribution >= 4 is 17.3 Å². The summed E-state index contributed by atoms with van der Waals surface area (Å²) >= 11 is 0. The SMILES string of the molecule is O=C1NC=CN2CNc3cccc1c32.